The molecule has 3 aromatic rings. The monoisotopic (exact) mass is 847 g/mol. The van der Waals surface area contributed by atoms with E-state index in [0.717, 1.165) is 25.1 Å². The number of rotatable bonds is 10. The Labute approximate surface area is 332 Å². The first-order valence-electron chi connectivity index (χ1n) is 15.8. The summed E-state index contributed by atoms with van der Waals surface area (Å²) in [6, 6.07) is 18.6. The maximum absolute atomic E-state index is 10.4. The Morgan fingerprint density at radius 1 is 1.14 bits per heavy atom. The summed E-state index contributed by atoms with van der Waals surface area (Å²) in [4.78, 5) is 13.6. The van der Waals surface area contributed by atoms with Crippen LogP contribution in [0.15, 0.2) is 93.6 Å². The third-order valence-electron chi connectivity index (χ3n) is 7.60. The summed E-state index contributed by atoms with van der Waals surface area (Å²) in [5.74, 6) is 1.72. The molecule has 0 bridgehead atoms. The molecule has 49 heavy (non-hydrogen) atoms. The van der Waals surface area contributed by atoms with Gasteiger partial charge in [0.05, 0.1) is 11.1 Å². The van der Waals surface area contributed by atoms with E-state index in [9.17, 15) is 10.1 Å². The predicted molar refractivity (Wildman–Crippen MR) is 212 cm³/mol. The first kappa shape index (κ1) is 45.3. The summed E-state index contributed by atoms with van der Waals surface area (Å²) >= 11 is 22.2. The zero-order valence-corrected chi connectivity index (χ0v) is 35.0. The van der Waals surface area contributed by atoms with Crippen molar-refractivity contribution in [2.45, 2.75) is 88.2 Å². The number of nitro benzene ring substituents is 1. The van der Waals surface area contributed by atoms with Crippen LogP contribution in [0.4, 0.5) is 5.69 Å². The molecular weight excluding hydrogens is 801 g/mol. The number of thiol groups is 1. The molecule has 4 rings (SSSR count). The Bertz CT molecular complexity index is 1530. The molecule has 1 saturated heterocycles. The van der Waals surface area contributed by atoms with Crippen LogP contribution in [0.1, 0.15) is 72.4 Å². The van der Waals surface area contributed by atoms with Crippen LogP contribution in [-0.2, 0) is 37.5 Å². The Balaban J connectivity index is 0.000000406. The SMILES string of the molecule is CCS/C=C\C=C(\CC)CN1[CH-][C@@](C)(c2ccccc2)CC1(C)C.[CH2-]c1cc([N+](=O)[O-])ccc1OC(C)C.[Ru+3].[S-]c1c(Cl)ccc(Cl)c1S. The molecule has 3 aromatic carbocycles. The van der Waals surface area contributed by atoms with Crippen LogP contribution < -0.4 is 4.74 Å². The van der Waals surface area contributed by atoms with E-state index < -0.39 is 4.92 Å². The second-order valence-electron chi connectivity index (χ2n) is 12.4. The van der Waals surface area contributed by atoms with Gasteiger partial charge in [0.15, 0.2) is 0 Å². The first-order valence-corrected chi connectivity index (χ1v) is 18.5. The van der Waals surface area contributed by atoms with E-state index in [2.05, 4.69) is 114 Å². The number of non-ortho nitro benzene ring substituents is 1. The van der Waals surface area contributed by atoms with Gasteiger partial charge in [-0.3, -0.25) is 16.7 Å². The number of thioether (sulfide) groups is 1. The number of hydrogen-bond acceptors (Lipinski definition) is 7. The predicted octanol–water partition coefficient (Wildman–Crippen LogP) is 11.9. The number of allylic oxidation sites excluding steroid dienone is 2. The molecule has 5 nitrogen and oxygen atoms in total. The number of hydrogen-bond donors (Lipinski definition) is 1. The Kier molecular flexibility index (Phi) is 20.0. The molecule has 0 unspecified atom stereocenters. The fraction of sp³-hybridized carbons (Fsp3) is 0.368. The van der Waals surface area contributed by atoms with Crippen LogP contribution in [0, 0.1) is 23.6 Å². The van der Waals surface area contributed by atoms with Crippen LogP contribution in [0.25, 0.3) is 0 Å². The quantitative estimate of drug-likeness (QED) is 0.0417. The number of benzene rings is 3. The Morgan fingerprint density at radius 2 is 1.78 bits per heavy atom. The van der Waals surface area contributed by atoms with Gasteiger partial charge in [0.2, 0.25) is 5.69 Å². The van der Waals surface area contributed by atoms with Crippen molar-refractivity contribution in [3.05, 3.63) is 129 Å². The van der Waals surface area contributed by atoms with Crippen molar-refractivity contribution in [3.63, 3.8) is 0 Å². The molecule has 1 fully saturated rings. The van der Waals surface area contributed by atoms with Gasteiger partial charge in [-0.2, -0.15) is 6.92 Å². The maximum Gasteiger partial charge on any atom is 3.00 e. The van der Waals surface area contributed by atoms with Crippen LogP contribution in [0.5, 0.6) is 5.75 Å². The molecule has 1 atom stereocenters. The summed E-state index contributed by atoms with van der Waals surface area (Å²) in [7, 11) is 0. The first-order chi connectivity index (χ1) is 22.5. The van der Waals surface area contributed by atoms with Gasteiger partial charge in [-0.05, 0) is 75.6 Å². The minimum atomic E-state index is -0.451. The van der Waals surface area contributed by atoms with Crippen LogP contribution >= 0.6 is 47.6 Å². The van der Waals surface area contributed by atoms with Crippen molar-refractivity contribution in [3.8, 4) is 5.75 Å². The van der Waals surface area contributed by atoms with Crippen LogP contribution in [0.2, 0.25) is 10.0 Å². The molecule has 0 aliphatic carbocycles. The normalized spacial score (nSPS) is 17.1. The Morgan fingerprint density at radius 3 is 2.31 bits per heavy atom. The molecule has 0 saturated carbocycles. The van der Waals surface area contributed by atoms with Gasteiger partial charge in [0, 0.05) is 20.6 Å². The number of halogens is 2. The van der Waals surface area contributed by atoms with E-state index in [1.807, 2.05) is 25.6 Å². The van der Waals surface area contributed by atoms with Gasteiger partial charge < -0.3 is 22.3 Å². The largest absolute Gasteiger partial charge is 3.00 e. The molecule has 0 spiro atoms. The minimum absolute atomic E-state index is 0. The molecule has 0 N–H and O–H groups in total. The molecule has 0 amide bonds. The van der Waals surface area contributed by atoms with Crippen molar-refractivity contribution >= 4 is 65.9 Å². The second kappa shape index (κ2) is 21.6. The smallest absolute Gasteiger partial charge is 0.777 e. The average molecular weight is 848 g/mol. The third-order valence-corrected chi connectivity index (χ3v) is 10.2. The van der Waals surface area contributed by atoms with Gasteiger partial charge in [-0.15, -0.1) is 40.3 Å². The summed E-state index contributed by atoms with van der Waals surface area (Å²) < 4.78 is 5.39. The van der Waals surface area contributed by atoms with E-state index >= 15 is 0 Å². The van der Waals surface area contributed by atoms with E-state index in [1.54, 1.807) is 18.2 Å². The number of ether oxygens (including phenoxy) is 1. The van der Waals surface area contributed by atoms with Crippen molar-refractivity contribution in [2.24, 2.45) is 0 Å². The zero-order valence-electron chi connectivity index (χ0n) is 29.2. The second-order valence-corrected chi connectivity index (χ2v) is 15.3. The molecule has 267 valence electrons. The molecular formula is C38H47Cl2N2O3RuS3. The van der Waals surface area contributed by atoms with Gasteiger partial charge in [-0.1, -0.05) is 116 Å². The third kappa shape index (κ3) is 14.4. The molecule has 11 heteroatoms. The van der Waals surface area contributed by atoms with Gasteiger partial charge >= 0.3 is 19.5 Å². The molecule has 1 radical (unpaired) electrons. The average Bonchev–Trinajstić information content (AvgIpc) is 3.29. The molecule has 1 heterocycles. The molecule has 1 aliphatic rings. The summed E-state index contributed by atoms with van der Waals surface area (Å²) in [6.45, 7) is 22.5. The summed E-state index contributed by atoms with van der Waals surface area (Å²) in [6.07, 6.45) is 6.79. The number of likely N-dealkylation sites (tertiary alicyclic amines) is 1. The van der Waals surface area contributed by atoms with Crippen molar-refractivity contribution in [2.75, 3.05) is 12.3 Å². The van der Waals surface area contributed by atoms with Crippen molar-refractivity contribution in [1.82, 2.24) is 4.90 Å². The van der Waals surface area contributed by atoms with E-state index in [4.69, 9.17) is 40.6 Å². The van der Waals surface area contributed by atoms with E-state index in [1.165, 1.54) is 23.3 Å². The summed E-state index contributed by atoms with van der Waals surface area (Å²) in [5, 5.41) is 13.7. The minimum Gasteiger partial charge on any atom is -0.777 e. The van der Waals surface area contributed by atoms with Crippen LogP contribution in [-0.4, -0.2) is 33.8 Å². The maximum atomic E-state index is 10.4. The van der Waals surface area contributed by atoms with E-state index in [0.29, 0.717) is 31.1 Å². The number of nitrogens with zero attached hydrogens (tertiary/aromatic N) is 2. The Hall–Kier alpha value is -1.71. The van der Waals surface area contributed by atoms with Crippen molar-refractivity contribution < 1.29 is 29.1 Å². The standard InChI is InChI=1S/C22H32NS.C10H12NO3.C6H4Cl2S2.Ru/c1-6-19(12-11-15-24-7-2)16-23-18-22(5,17-21(23,3)4)20-13-9-8-10-14-20;1-7(2)14-10-5-4-9(11(12)13)6-8(10)3;7-3-1-2-4(8)6(10)5(3)9;/h8-15,18H,6-7,16-17H2,1-5H3;4-7H,3H2,1-2H3;1-2,9-10H;/q2*-1;;+3/p-1/b15-11-,19-12-;;;/t22-;;;/m0.../s1. The van der Waals surface area contributed by atoms with Gasteiger partial charge in [0.1, 0.15) is 0 Å². The topological polar surface area (TPSA) is 55.6 Å². The van der Waals surface area contributed by atoms with Gasteiger partial charge in [0.25, 0.3) is 0 Å². The fourth-order valence-electron chi connectivity index (χ4n) is 5.22. The van der Waals surface area contributed by atoms with E-state index in [-0.39, 0.29) is 42.2 Å². The molecule has 1 aliphatic heterocycles. The van der Waals surface area contributed by atoms with Crippen LogP contribution in [0.3, 0.4) is 0 Å². The molecule has 0 aromatic heterocycles. The summed E-state index contributed by atoms with van der Waals surface area (Å²) in [5.41, 5.74) is 3.78. The number of nitro groups is 1. The fourth-order valence-corrected chi connectivity index (χ4v) is 6.41. The van der Waals surface area contributed by atoms with Gasteiger partial charge in [-0.25, -0.2) is 0 Å². The zero-order chi connectivity index (χ0) is 36.1. The van der Waals surface area contributed by atoms with Crippen molar-refractivity contribution in [1.29, 1.82) is 0 Å².